The summed E-state index contributed by atoms with van der Waals surface area (Å²) < 4.78 is 4.97. The summed E-state index contributed by atoms with van der Waals surface area (Å²) in [6, 6.07) is 14.4. The molecule has 4 aromatic heterocycles. The number of unbranched alkanes of at least 4 members (excludes halogenated alkanes) is 3. The van der Waals surface area contributed by atoms with Crippen LogP contribution in [0.4, 0.5) is 0 Å². The van der Waals surface area contributed by atoms with Gasteiger partial charge in [0, 0.05) is 67.8 Å². The van der Waals surface area contributed by atoms with Crippen molar-refractivity contribution >= 4 is 48.6 Å². The molecule has 0 radical (unpaired) electrons. The van der Waals surface area contributed by atoms with Crippen LogP contribution in [0, 0.1) is 55.4 Å². The molecule has 0 unspecified atom stereocenters. The van der Waals surface area contributed by atoms with E-state index in [2.05, 4.69) is 45.6 Å². The molecular weight excluding hydrogens is 882 g/mol. The number of carbonyl (C=O) groups is 4. The molecule has 0 amide bonds. The molecule has 0 fully saturated rings. The summed E-state index contributed by atoms with van der Waals surface area (Å²) in [4.78, 5) is 63.1. The molecule has 4 aromatic rings. The average Bonchev–Trinajstić information content (AvgIpc) is 3.15. The zero-order chi connectivity index (χ0) is 48.2. The minimum atomic E-state index is -1.56. The first-order valence-corrected chi connectivity index (χ1v) is 30.9. The molecule has 342 valence electrons. The van der Waals surface area contributed by atoms with Gasteiger partial charge in [-0.05, 0) is 138 Å². The van der Waals surface area contributed by atoms with Gasteiger partial charge in [0.05, 0.1) is 0 Å². The Labute approximate surface area is 379 Å². The van der Waals surface area contributed by atoms with Crippen LogP contribution in [0.5, 0.6) is 0 Å². The van der Waals surface area contributed by atoms with Crippen LogP contribution >= 0.6 is 0 Å². The summed E-state index contributed by atoms with van der Waals surface area (Å²) in [6.07, 6.45) is 8.76. The molecule has 4 heterocycles. The second-order valence-electron chi connectivity index (χ2n) is 16.5. The van der Waals surface area contributed by atoms with Crippen molar-refractivity contribution in [3.63, 3.8) is 0 Å². The molecule has 0 aliphatic rings. The fourth-order valence-electron chi connectivity index (χ4n) is 6.34. The minimum absolute atomic E-state index is 0.0959. The van der Waals surface area contributed by atoms with Crippen LogP contribution in [0.25, 0.3) is 0 Å². The van der Waals surface area contributed by atoms with Crippen LogP contribution in [-0.4, -0.2) is 78.6 Å². The number of carbonyl (C=O) groups excluding carboxylic acids is 4. The topological polar surface area (TPSA) is 160 Å². The maximum atomic E-state index is 10.9. The first kappa shape index (κ1) is 60.2. The molecule has 10 nitrogen and oxygen atoms in total. The van der Waals surface area contributed by atoms with Gasteiger partial charge in [-0.15, -0.1) is 0 Å². The first-order chi connectivity index (χ1) is 28.8. The van der Waals surface area contributed by atoms with Gasteiger partial charge in [-0.25, -0.2) is 0 Å². The van der Waals surface area contributed by atoms with E-state index in [0.29, 0.717) is 0 Å². The van der Waals surface area contributed by atoms with E-state index in [4.69, 9.17) is 10.0 Å². The van der Waals surface area contributed by atoms with E-state index in [0.717, 1.165) is 67.8 Å². The van der Waals surface area contributed by atoms with Gasteiger partial charge in [-0.2, -0.15) is 0 Å². The molecule has 2 N–H and O–H groups in total. The van der Waals surface area contributed by atoms with Crippen molar-refractivity contribution < 1.29 is 29.2 Å². The molecule has 4 rings (SSSR count). The van der Waals surface area contributed by atoms with Crippen molar-refractivity contribution in [2.24, 2.45) is 0 Å². The third-order valence-corrected chi connectivity index (χ3v) is 22.7. The quantitative estimate of drug-likeness (QED) is 0.0975. The number of Topliss-reactive ketones (excluding diaryl/α,β-unsaturated/α-hetero) is 4. The van der Waals surface area contributed by atoms with E-state index >= 15 is 0 Å². The van der Waals surface area contributed by atoms with E-state index in [1.165, 1.54) is 45.3 Å². The molecule has 0 saturated heterocycles. The molecule has 0 aromatic carbocycles. The Bertz CT molecular complexity index is 1630. The number of hydrogen-bond donors (Lipinski definition) is 2. The van der Waals surface area contributed by atoms with E-state index in [9.17, 15) is 19.2 Å². The van der Waals surface area contributed by atoms with Crippen molar-refractivity contribution in [3.8, 4) is 0 Å². The van der Waals surface area contributed by atoms with Crippen molar-refractivity contribution in [2.75, 3.05) is 0 Å². The van der Waals surface area contributed by atoms with Gasteiger partial charge in [0.25, 0.3) is 0 Å². The fourth-order valence-corrected chi connectivity index (χ4v) is 18.8. The van der Waals surface area contributed by atoms with E-state index in [1.54, 1.807) is 89.5 Å². The number of rotatable bonds is 13. The van der Waals surface area contributed by atoms with Gasteiger partial charge >= 0.3 is 103 Å². The molecular formula is C50H79BN4O6Sn. The van der Waals surface area contributed by atoms with Gasteiger partial charge < -0.3 is 10.0 Å². The Morgan fingerprint density at radius 3 is 0.694 bits per heavy atom. The second kappa shape index (κ2) is 32.7. The van der Waals surface area contributed by atoms with Crippen LogP contribution in [-0.2, 0) is 0 Å². The number of ketones is 4. The molecule has 0 spiro atoms. The van der Waals surface area contributed by atoms with Gasteiger partial charge in [0.15, 0.2) is 23.1 Å². The van der Waals surface area contributed by atoms with Crippen molar-refractivity contribution in [1.29, 1.82) is 0 Å². The zero-order valence-electron chi connectivity index (χ0n) is 41.4. The normalized spacial score (nSPS) is 10.0. The summed E-state index contributed by atoms with van der Waals surface area (Å²) >= 11 is -1.56. The predicted molar refractivity (Wildman–Crippen MR) is 262 cm³/mol. The standard InChI is InChI=1S/4C9H11NO.3C4H9.CH5BO2.CH3.Sn/c4*1-6-4-9(8(3)11)5-7(2)10-6;3*1-3-4-2;1-2(3)4;;/h4*4-5H,1-3H3;3*1,3-4H2,2H3;3-4H,1H3;1H3;. The van der Waals surface area contributed by atoms with Gasteiger partial charge in [-0.1, -0.05) is 0 Å². The third kappa shape index (κ3) is 30.2. The van der Waals surface area contributed by atoms with Crippen LogP contribution in [0.3, 0.4) is 0 Å². The molecule has 12 heteroatoms. The van der Waals surface area contributed by atoms with Gasteiger partial charge in [0.1, 0.15) is 0 Å². The number of aromatic nitrogens is 4. The van der Waals surface area contributed by atoms with Gasteiger partial charge in [0.2, 0.25) is 0 Å². The maximum absolute atomic E-state index is 10.9. The SMILES string of the molecule is CB(O)O.CC(=O)c1cc(C)nc(C)c1.CC(=O)c1cc(C)nc(C)c1.CC(=O)c1cc(C)nc(C)c1.CC(=O)c1cc(C)nc(C)c1.CCC[CH2][Sn]([CH3])([CH2]CCC)[CH2]CCC. The van der Waals surface area contributed by atoms with Crippen LogP contribution in [0.15, 0.2) is 48.5 Å². The summed E-state index contributed by atoms with van der Waals surface area (Å²) in [5.74, 6) is 0.384. The predicted octanol–water partition coefficient (Wildman–Crippen LogP) is 12.2. The second-order valence-corrected chi connectivity index (χ2v) is 31.1. The third-order valence-electron chi connectivity index (χ3n) is 9.35. The number of hydrogen-bond acceptors (Lipinski definition) is 10. The molecule has 0 bridgehead atoms. The monoisotopic (exact) mass is 963 g/mol. The Balaban J connectivity index is 0. The molecule has 0 atom stereocenters. The van der Waals surface area contributed by atoms with E-state index in [-0.39, 0.29) is 23.1 Å². The summed E-state index contributed by atoms with van der Waals surface area (Å²) in [7, 11) is -1.17. The molecule has 0 saturated carbocycles. The zero-order valence-corrected chi connectivity index (χ0v) is 44.2. The number of aryl methyl sites for hydroxylation is 8. The summed E-state index contributed by atoms with van der Waals surface area (Å²) in [5, 5.41) is 15.2. The van der Waals surface area contributed by atoms with Crippen LogP contribution in [0.1, 0.15) is 174 Å². The Morgan fingerprint density at radius 2 is 0.581 bits per heavy atom. The van der Waals surface area contributed by atoms with Gasteiger partial charge in [-0.3, -0.25) is 39.1 Å². The van der Waals surface area contributed by atoms with Crippen LogP contribution < -0.4 is 0 Å². The van der Waals surface area contributed by atoms with E-state index in [1.807, 2.05) is 55.4 Å². The summed E-state index contributed by atoms with van der Waals surface area (Å²) in [6.45, 7) is 29.7. The Hall–Kier alpha value is -3.94. The molecule has 0 aliphatic carbocycles. The van der Waals surface area contributed by atoms with Crippen molar-refractivity contribution in [1.82, 2.24) is 19.9 Å². The Kier molecular flexibility index (Phi) is 31.7. The number of nitrogens with zero attached hydrogens (tertiary/aromatic N) is 4. The number of pyridine rings is 4. The van der Waals surface area contributed by atoms with Crippen molar-refractivity contribution in [3.05, 3.63) is 116 Å². The van der Waals surface area contributed by atoms with E-state index < -0.39 is 25.5 Å². The van der Waals surface area contributed by atoms with Crippen LogP contribution in [0.2, 0.25) is 25.1 Å². The molecule has 62 heavy (non-hydrogen) atoms. The van der Waals surface area contributed by atoms with Crippen molar-refractivity contribution in [2.45, 2.75) is 167 Å². The Morgan fingerprint density at radius 1 is 0.435 bits per heavy atom. The average molecular weight is 962 g/mol. The first-order valence-electron chi connectivity index (χ1n) is 22.0. The molecule has 0 aliphatic heterocycles. The summed E-state index contributed by atoms with van der Waals surface area (Å²) in [5.41, 5.74) is 10.2. The fraction of sp³-hybridized carbons (Fsp3) is 0.520.